The van der Waals surface area contributed by atoms with Crippen LogP contribution in [0.5, 0.6) is 0 Å². The smallest absolute Gasteiger partial charge is 0.258 e. The van der Waals surface area contributed by atoms with Crippen LogP contribution in [0, 0.1) is 6.92 Å². The quantitative estimate of drug-likeness (QED) is 0.523. The maximum Gasteiger partial charge on any atom is 0.258 e. The number of fused-ring (bicyclic) bond motifs is 1. The topological polar surface area (TPSA) is 116 Å². The van der Waals surface area contributed by atoms with Gasteiger partial charge >= 0.3 is 0 Å². The predicted molar refractivity (Wildman–Crippen MR) is 114 cm³/mol. The van der Waals surface area contributed by atoms with Gasteiger partial charge in [0.2, 0.25) is 17.8 Å². The van der Waals surface area contributed by atoms with Crippen LogP contribution in [0.25, 0.3) is 0 Å². The zero-order valence-electron chi connectivity index (χ0n) is 16.4. The van der Waals surface area contributed by atoms with E-state index in [2.05, 4.69) is 25.9 Å². The maximum absolute atomic E-state index is 12.8. The normalized spacial score (nSPS) is 15.1. The van der Waals surface area contributed by atoms with E-state index in [-0.39, 0.29) is 35.6 Å². The molecular formula is C22H21N5O3. The van der Waals surface area contributed by atoms with Crippen molar-refractivity contribution in [1.29, 1.82) is 0 Å². The Hall–Kier alpha value is -3.94. The molecule has 0 aliphatic carbocycles. The molecule has 2 aromatic carbocycles. The molecule has 8 nitrogen and oxygen atoms in total. The number of nitrogens with one attached hydrogen (secondary N) is 4. The highest BCUT2D eigenvalue weighted by molar-refractivity contribution is 6.00. The minimum absolute atomic E-state index is 0.101. The van der Waals surface area contributed by atoms with Gasteiger partial charge in [0, 0.05) is 18.7 Å². The van der Waals surface area contributed by atoms with Gasteiger partial charge in [-0.1, -0.05) is 48.0 Å². The largest absolute Gasteiger partial charge is 0.351 e. The summed E-state index contributed by atoms with van der Waals surface area (Å²) in [5.41, 5.74) is 2.46. The summed E-state index contributed by atoms with van der Waals surface area (Å²) < 4.78 is 0. The summed E-state index contributed by atoms with van der Waals surface area (Å²) in [6, 6.07) is 17.0. The first-order valence-electron chi connectivity index (χ1n) is 9.59. The van der Waals surface area contributed by atoms with E-state index in [9.17, 15) is 14.4 Å². The average molecular weight is 403 g/mol. The molecule has 1 aliphatic heterocycles. The number of benzene rings is 2. The number of aromatic nitrogens is 2. The number of aryl methyl sites for hydroxylation is 1. The Kier molecular flexibility index (Phi) is 5.30. The molecule has 30 heavy (non-hydrogen) atoms. The molecule has 152 valence electrons. The van der Waals surface area contributed by atoms with E-state index in [1.807, 2.05) is 61.5 Å². The third kappa shape index (κ3) is 4.22. The average Bonchev–Trinajstić information content (AvgIpc) is 2.73. The van der Waals surface area contributed by atoms with Crippen LogP contribution in [0.4, 0.5) is 17.5 Å². The number of hydrogen-bond acceptors (Lipinski definition) is 5. The second kappa shape index (κ2) is 8.20. The minimum atomic E-state index is -0.901. The lowest BCUT2D eigenvalue weighted by Crippen LogP contribution is -2.39. The number of carbonyl (C=O) groups excluding carboxylic acids is 2. The molecule has 4 N–H and O–H groups in total. The summed E-state index contributed by atoms with van der Waals surface area (Å²) in [6.45, 7) is 2.28. The van der Waals surface area contributed by atoms with Crippen LogP contribution in [0.2, 0.25) is 0 Å². The molecule has 2 heterocycles. The van der Waals surface area contributed by atoms with Gasteiger partial charge in [-0.05, 0) is 24.6 Å². The monoisotopic (exact) mass is 403 g/mol. The van der Waals surface area contributed by atoms with Crippen molar-refractivity contribution < 1.29 is 9.59 Å². The summed E-state index contributed by atoms with van der Waals surface area (Å²) >= 11 is 0. The molecule has 3 aromatic rings. The van der Waals surface area contributed by atoms with E-state index < -0.39 is 11.5 Å². The molecule has 1 unspecified atom stereocenters. The lowest BCUT2D eigenvalue weighted by atomic mass is 9.92. The molecular weight excluding hydrogens is 382 g/mol. The Balaban J connectivity index is 1.57. The molecule has 1 aromatic heterocycles. The Morgan fingerprint density at radius 3 is 2.57 bits per heavy atom. The third-order valence-corrected chi connectivity index (χ3v) is 4.89. The van der Waals surface area contributed by atoms with Gasteiger partial charge < -0.3 is 16.0 Å². The molecule has 1 atom stereocenters. The number of anilines is 3. The molecule has 0 saturated carbocycles. The SMILES string of the molecule is Cc1ccc(Nc2nc3c(c(=O)[nH]2)C(C(=O)NCc2ccccc2)CC(=O)N3)cc1. The lowest BCUT2D eigenvalue weighted by molar-refractivity contribution is -0.126. The number of carbonyl (C=O) groups is 2. The summed E-state index contributed by atoms with van der Waals surface area (Å²) in [5.74, 6) is -1.36. The van der Waals surface area contributed by atoms with Gasteiger partial charge in [0.05, 0.1) is 11.5 Å². The predicted octanol–water partition coefficient (Wildman–Crippen LogP) is 2.56. The van der Waals surface area contributed by atoms with Gasteiger partial charge in [0.15, 0.2) is 0 Å². The molecule has 1 aliphatic rings. The number of aromatic amines is 1. The molecule has 0 radical (unpaired) electrons. The van der Waals surface area contributed by atoms with Gasteiger partial charge in [-0.2, -0.15) is 4.98 Å². The fraction of sp³-hybridized carbons (Fsp3) is 0.182. The maximum atomic E-state index is 12.8. The van der Waals surface area contributed by atoms with Crippen molar-refractivity contribution in [2.45, 2.75) is 25.8 Å². The van der Waals surface area contributed by atoms with Crippen molar-refractivity contribution in [2.75, 3.05) is 10.6 Å². The molecule has 4 rings (SSSR count). The summed E-state index contributed by atoms with van der Waals surface area (Å²) in [7, 11) is 0. The number of H-pyrrole nitrogens is 1. The fourth-order valence-corrected chi connectivity index (χ4v) is 3.34. The van der Waals surface area contributed by atoms with Crippen LogP contribution in [0.15, 0.2) is 59.4 Å². The highest BCUT2D eigenvalue weighted by atomic mass is 16.2. The zero-order valence-corrected chi connectivity index (χ0v) is 16.4. The highest BCUT2D eigenvalue weighted by Gasteiger charge is 2.34. The highest BCUT2D eigenvalue weighted by Crippen LogP contribution is 2.29. The van der Waals surface area contributed by atoms with Crippen LogP contribution in [0.3, 0.4) is 0 Å². The second-order valence-electron chi connectivity index (χ2n) is 7.18. The molecule has 2 amide bonds. The standard InChI is InChI=1S/C22H21N5O3/c1-13-7-9-15(10-8-13)24-22-26-19-18(21(30)27-22)16(11-17(28)25-19)20(29)23-12-14-5-3-2-4-6-14/h2-10,16H,11-12H2,1H3,(H,23,29)(H3,24,25,26,27,28,30). The van der Waals surface area contributed by atoms with Crippen LogP contribution in [0.1, 0.15) is 29.0 Å². The Labute approximate surface area is 172 Å². The first-order valence-corrected chi connectivity index (χ1v) is 9.59. The van der Waals surface area contributed by atoms with Gasteiger partial charge in [-0.15, -0.1) is 0 Å². The van der Waals surface area contributed by atoms with Crippen LogP contribution >= 0.6 is 0 Å². The van der Waals surface area contributed by atoms with Crippen LogP contribution < -0.4 is 21.5 Å². The van der Waals surface area contributed by atoms with Crippen molar-refractivity contribution in [1.82, 2.24) is 15.3 Å². The Morgan fingerprint density at radius 1 is 1.10 bits per heavy atom. The van der Waals surface area contributed by atoms with E-state index >= 15 is 0 Å². The van der Waals surface area contributed by atoms with Crippen LogP contribution in [-0.4, -0.2) is 21.8 Å². The summed E-state index contributed by atoms with van der Waals surface area (Å²) in [4.78, 5) is 44.7. The van der Waals surface area contributed by atoms with E-state index in [1.54, 1.807) is 0 Å². The van der Waals surface area contributed by atoms with Gasteiger partial charge in [0.25, 0.3) is 5.56 Å². The second-order valence-corrected chi connectivity index (χ2v) is 7.18. The first-order chi connectivity index (χ1) is 14.5. The third-order valence-electron chi connectivity index (χ3n) is 4.89. The van der Waals surface area contributed by atoms with E-state index in [0.717, 1.165) is 16.8 Å². The van der Waals surface area contributed by atoms with Crippen LogP contribution in [-0.2, 0) is 16.1 Å². The Bertz CT molecular complexity index is 1140. The number of nitrogens with zero attached hydrogens (tertiary/aromatic N) is 1. The first kappa shape index (κ1) is 19.4. The van der Waals surface area contributed by atoms with Gasteiger partial charge in [-0.3, -0.25) is 19.4 Å². The van der Waals surface area contributed by atoms with E-state index in [4.69, 9.17) is 0 Å². The van der Waals surface area contributed by atoms with Gasteiger partial charge in [-0.25, -0.2) is 0 Å². The lowest BCUT2D eigenvalue weighted by Gasteiger charge is -2.23. The minimum Gasteiger partial charge on any atom is -0.351 e. The molecule has 8 heteroatoms. The molecule has 0 spiro atoms. The van der Waals surface area contributed by atoms with Crippen molar-refractivity contribution in [3.05, 3.63) is 81.6 Å². The number of hydrogen-bond donors (Lipinski definition) is 4. The van der Waals surface area contributed by atoms with Crippen molar-refractivity contribution in [3.63, 3.8) is 0 Å². The van der Waals surface area contributed by atoms with E-state index in [0.29, 0.717) is 6.54 Å². The Morgan fingerprint density at radius 2 is 1.83 bits per heavy atom. The summed E-state index contributed by atoms with van der Waals surface area (Å²) in [5, 5.41) is 8.42. The molecule has 0 saturated heterocycles. The number of amides is 2. The molecule has 0 bridgehead atoms. The van der Waals surface area contributed by atoms with E-state index in [1.165, 1.54) is 0 Å². The van der Waals surface area contributed by atoms with Crippen molar-refractivity contribution in [2.24, 2.45) is 0 Å². The van der Waals surface area contributed by atoms with Crippen molar-refractivity contribution >= 4 is 29.3 Å². The number of rotatable bonds is 5. The fourth-order valence-electron chi connectivity index (χ4n) is 3.34. The summed E-state index contributed by atoms with van der Waals surface area (Å²) in [6.07, 6.45) is -0.108. The van der Waals surface area contributed by atoms with Gasteiger partial charge in [0.1, 0.15) is 5.82 Å². The molecule has 0 fully saturated rings. The zero-order chi connectivity index (χ0) is 21.1. The van der Waals surface area contributed by atoms with Crippen molar-refractivity contribution in [3.8, 4) is 0 Å².